The number of fused-ring (bicyclic) bond motifs is 1. The number of nitrogens with zero attached hydrogens (tertiary/aromatic N) is 3. The van der Waals surface area contributed by atoms with Crippen LogP contribution in [0.3, 0.4) is 0 Å². The summed E-state index contributed by atoms with van der Waals surface area (Å²) < 4.78 is 8.20. The van der Waals surface area contributed by atoms with E-state index < -0.39 is 0 Å². The number of furan rings is 1. The fourth-order valence-corrected chi connectivity index (χ4v) is 4.10. The number of nitrogens with two attached hydrogens (primary N) is 1. The Bertz CT molecular complexity index is 1130. The molecule has 0 aliphatic carbocycles. The van der Waals surface area contributed by atoms with Crippen LogP contribution in [0.2, 0.25) is 0 Å². The smallest absolute Gasteiger partial charge is 0.177 e. The van der Waals surface area contributed by atoms with Crippen LogP contribution in [-0.4, -0.2) is 27.9 Å². The maximum atomic E-state index is 6.18. The van der Waals surface area contributed by atoms with Gasteiger partial charge in [-0.3, -0.25) is 4.68 Å². The second-order valence-electron chi connectivity index (χ2n) is 7.37. The van der Waals surface area contributed by atoms with Gasteiger partial charge >= 0.3 is 0 Å². The quantitative estimate of drug-likeness (QED) is 0.517. The van der Waals surface area contributed by atoms with Gasteiger partial charge in [0.1, 0.15) is 5.76 Å². The van der Waals surface area contributed by atoms with E-state index in [0.29, 0.717) is 17.4 Å². The average molecular weight is 410 g/mol. The summed E-state index contributed by atoms with van der Waals surface area (Å²) in [6, 6.07) is 12.6. The van der Waals surface area contributed by atoms with Gasteiger partial charge in [-0.15, -0.1) is 12.4 Å². The van der Waals surface area contributed by atoms with Gasteiger partial charge in [0.05, 0.1) is 12.2 Å². The molecule has 3 aromatic heterocycles. The van der Waals surface area contributed by atoms with Crippen LogP contribution in [0, 0.1) is 6.92 Å². The molecule has 4 aromatic rings. The van der Waals surface area contributed by atoms with Crippen molar-refractivity contribution in [2.75, 3.05) is 18.8 Å². The van der Waals surface area contributed by atoms with Crippen LogP contribution < -0.4 is 11.1 Å². The largest absolute Gasteiger partial charge is 0.452 e. The number of nitrogen functional groups attached to an aromatic ring is 1. The highest BCUT2D eigenvalue weighted by Gasteiger charge is 2.20. The topological polar surface area (TPSA) is 81.9 Å². The lowest BCUT2D eigenvalue weighted by Crippen LogP contribution is -2.29. The van der Waals surface area contributed by atoms with Gasteiger partial charge in [0, 0.05) is 34.0 Å². The molecule has 1 fully saturated rings. The van der Waals surface area contributed by atoms with Crippen molar-refractivity contribution in [1.82, 2.24) is 20.1 Å². The molecule has 3 N–H and O–H groups in total. The lowest BCUT2D eigenvalue weighted by Gasteiger charge is -2.22. The molecule has 0 spiro atoms. The van der Waals surface area contributed by atoms with Crippen molar-refractivity contribution < 1.29 is 4.42 Å². The lowest BCUT2D eigenvalue weighted by molar-refractivity contribution is 0.343. The average Bonchev–Trinajstić information content (AvgIpc) is 3.38. The van der Waals surface area contributed by atoms with Gasteiger partial charge in [-0.1, -0.05) is 30.3 Å². The summed E-state index contributed by atoms with van der Waals surface area (Å²) in [6.07, 6.45) is 6.25. The number of halogens is 1. The number of benzene rings is 1. The number of hydrogen-bond acceptors (Lipinski definition) is 5. The molecule has 0 saturated carbocycles. The Kier molecular flexibility index (Phi) is 5.30. The van der Waals surface area contributed by atoms with Gasteiger partial charge in [0.25, 0.3) is 0 Å². The van der Waals surface area contributed by atoms with Crippen LogP contribution in [0.1, 0.15) is 24.6 Å². The highest BCUT2D eigenvalue weighted by Crippen LogP contribution is 2.38. The third kappa shape index (κ3) is 3.50. The van der Waals surface area contributed by atoms with E-state index in [-0.39, 0.29) is 12.4 Å². The van der Waals surface area contributed by atoms with E-state index in [4.69, 9.17) is 10.2 Å². The van der Waals surface area contributed by atoms with E-state index in [9.17, 15) is 0 Å². The SMILES string of the molecule is Cc1nc(N)c2oc(-c3ccccc3)cc2c1-c1cnn(C2CCNCC2)c1.Cl. The first-order valence-corrected chi connectivity index (χ1v) is 9.71. The van der Waals surface area contributed by atoms with Crippen molar-refractivity contribution in [3.63, 3.8) is 0 Å². The summed E-state index contributed by atoms with van der Waals surface area (Å²) in [5.74, 6) is 1.21. The second kappa shape index (κ2) is 7.89. The first kappa shape index (κ1) is 19.5. The molecule has 0 atom stereocenters. The Morgan fingerprint density at radius 1 is 1.14 bits per heavy atom. The molecular formula is C22H24ClN5O. The van der Waals surface area contributed by atoms with Crippen molar-refractivity contribution in [3.8, 4) is 22.5 Å². The molecule has 4 heterocycles. The molecule has 0 radical (unpaired) electrons. The van der Waals surface area contributed by atoms with Crippen LogP contribution >= 0.6 is 12.4 Å². The maximum absolute atomic E-state index is 6.18. The highest BCUT2D eigenvalue weighted by molar-refractivity contribution is 6.01. The van der Waals surface area contributed by atoms with E-state index in [2.05, 4.69) is 32.3 Å². The molecule has 0 amide bonds. The van der Waals surface area contributed by atoms with Crippen molar-refractivity contribution in [2.24, 2.45) is 0 Å². The fraction of sp³-hybridized carbons (Fsp3) is 0.273. The van der Waals surface area contributed by atoms with Gasteiger partial charge in [-0.05, 0) is 38.9 Å². The normalized spacial score (nSPS) is 14.8. The van der Waals surface area contributed by atoms with Gasteiger partial charge in [0.15, 0.2) is 11.4 Å². The summed E-state index contributed by atoms with van der Waals surface area (Å²) in [5.41, 5.74) is 10.8. The van der Waals surface area contributed by atoms with E-state index in [1.54, 1.807) is 0 Å². The molecule has 6 nitrogen and oxygen atoms in total. The molecule has 1 aromatic carbocycles. The fourth-order valence-electron chi connectivity index (χ4n) is 4.10. The van der Waals surface area contributed by atoms with E-state index >= 15 is 0 Å². The number of nitrogens with one attached hydrogen (secondary N) is 1. The molecule has 0 bridgehead atoms. The third-order valence-electron chi connectivity index (χ3n) is 5.52. The number of rotatable bonds is 3. The van der Waals surface area contributed by atoms with Crippen LogP contribution in [0.15, 0.2) is 53.2 Å². The Morgan fingerprint density at radius 3 is 2.66 bits per heavy atom. The number of pyridine rings is 1. The first-order chi connectivity index (χ1) is 13.7. The summed E-state index contributed by atoms with van der Waals surface area (Å²) in [6.45, 7) is 4.06. The van der Waals surface area contributed by atoms with Gasteiger partial charge < -0.3 is 15.5 Å². The molecular weight excluding hydrogens is 386 g/mol. The molecule has 7 heteroatoms. The number of aryl methyl sites for hydroxylation is 1. The summed E-state index contributed by atoms with van der Waals surface area (Å²) in [7, 11) is 0. The second-order valence-corrected chi connectivity index (χ2v) is 7.37. The molecule has 29 heavy (non-hydrogen) atoms. The number of hydrogen-bond donors (Lipinski definition) is 2. The zero-order chi connectivity index (χ0) is 19.1. The minimum Gasteiger partial charge on any atom is -0.452 e. The molecule has 1 aliphatic heterocycles. The predicted octanol–water partition coefficient (Wildman–Crippen LogP) is 4.60. The Labute approximate surface area is 175 Å². The van der Waals surface area contributed by atoms with Crippen molar-refractivity contribution in [2.45, 2.75) is 25.8 Å². The third-order valence-corrected chi connectivity index (χ3v) is 5.52. The zero-order valence-electron chi connectivity index (χ0n) is 16.3. The zero-order valence-corrected chi connectivity index (χ0v) is 17.1. The number of piperidine rings is 1. The molecule has 1 aliphatic rings. The highest BCUT2D eigenvalue weighted by atomic mass is 35.5. The van der Waals surface area contributed by atoms with Crippen molar-refractivity contribution in [1.29, 1.82) is 0 Å². The molecule has 150 valence electrons. The summed E-state index contributed by atoms with van der Waals surface area (Å²) >= 11 is 0. The van der Waals surface area contributed by atoms with Crippen LogP contribution in [0.4, 0.5) is 5.82 Å². The van der Waals surface area contributed by atoms with E-state index in [1.165, 1.54) is 0 Å². The Balaban J connectivity index is 0.00000205. The predicted molar refractivity (Wildman–Crippen MR) is 118 cm³/mol. The van der Waals surface area contributed by atoms with E-state index in [1.807, 2.05) is 43.5 Å². The van der Waals surface area contributed by atoms with Gasteiger partial charge in [-0.25, -0.2) is 4.98 Å². The molecule has 5 rings (SSSR count). The molecule has 1 saturated heterocycles. The monoisotopic (exact) mass is 409 g/mol. The minimum atomic E-state index is 0. The standard InChI is InChI=1S/C22H23N5O.ClH/c1-14-20(16-12-25-27(13-16)17-7-9-24-10-8-17)18-11-19(15-5-3-2-4-6-15)28-21(18)22(23)26-14;/h2-6,11-13,17,24H,7-10H2,1H3,(H2,23,26);1H. The van der Waals surface area contributed by atoms with E-state index in [0.717, 1.165) is 59.5 Å². The van der Waals surface area contributed by atoms with Crippen molar-refractivity contribution in [3.05, 3.63) is 54.5 Å². The Morgan fingerprint density at radius 2 is 1.90 bits per heavy atom. The van der Waals surface area contributed by atoms with Crippen LogP contribution in [-0.2, 0) is 0 Å². The van der Waals surface area contributed by atoms with Gasteiger partial charge in [-0.2, -0.15) is 5.10 Å². The first-order valence-electron chi connectivity index (χ1n) is 9.71. The number of aromatic nitrogens is 3. The molecule has 0 unspecified atom stereocenters. The summed E-state index contributed by atoms with van der Waals surface area (Å²) in [4.78, 5) is 4.54. The summed E-state index contributed by atoms with van der Waals surface area (Å²) in [5, 5.41) is 9.03. The lowest BCUT2D eigenvalue weighted by atomic mass is 10.0. The minimum absolute atomic E-state index is 0. The van der Waals surface area contributed by atoms with Crippen LogP contribution in [0.5, 0.6) is 0 Å². The number of anilines is 1. The van der Waals surface area contributed by atoms with Crippen molar-refractivity contribution >= 4 is 29.2 Å². The Hall–Kier alpha value is -2.83. The maximum Gasteiger partial charge on any atom is 0.177 e. The van der Waals surface area contributed by atoms with Crippen LogP contribution in [0.25, 0.3) is 33.4 Å². The van der Waals surface area contributed by atoms with Gasteiger partial charge in [0.2, 0.25) is 0 Å².